The molecule has 0 amide bonds. The van der Waals surface area contributed by atoms with Crippen LogP contribution in [0.1, 0.15) is 17.0 Å². The second-order valence-electron chi connectivity index (χ2n) is 3.10. The average molecular weight is 236 g/mol. The zero-order chi connectivity index (χ0) is 12.3. The van der Waals surface area contributed by atoms with Crippen molar-refractivity contribution in [1.82, 2.24) is 4.98 Å². The van der Waals surface area contributed by atoms with Crippen molar-refractivity contribution < 1.29 is 23.0 Å². The first-order chi connectivity index (χ1) is 7.37. The molecule has 1 rings (SSSR count). The topological polar surface area (TPSA) is 68.4 Å². The summed E-state index contributed by atoms with van der Waals surface area (Å²) in [6.45, 7) is 0.848. The monoisotopic (exact) mass is 236 g/mol. The third kappa shape index (κ3) is 3.07. The van der Waals surface area contributed by atoms with Gasteiger partial charge in [-0.3, -0.25) is 4.98 Å². The van der Waals surface area contributed by atoms with Crippen LogP contribution < -0.4 is 10.5 Å². The van der Waals surface area contributed by atoms with Gasteiger partial charge in [-0.05, 0) is 6.92 Å². The lowest BCUT2D eigenvalue weighted by Gasteiger charge is -2.15. The van der Waals surface area contributed by atoms with Gasteiger partial charge < -0.3 is 15.6 Å². The number of aliphatic hydroxyl groups excluding tert-OH is 1. The molecule has 0 aromatic carbocycles. The standard InChI is InChI=1S/C9H11F3N2O2/c1-5-2-8(16-9(10,11)12)6(4-15)7(3-13)14-5/h2,15H,3-4,13H2,1H3. The Labute approximate surface area is 89.9 Å². The van der Waals surface area contributed by atoms with Crippen molar-refractivity contribution >= 4 is 0 Å². The number of pyridine rings is 1. The average Bonchev–Trinajstić information content (AvgIpc) is 2.14. The van der Waals surface area contributed by atoms with E-state index >= 15 is 0 Å². The molecule has 0 bridgehead atoms. The molecule has 0 aliphatic heterocycles. The highest BCUT2D eigenvalue weighted by Crippen LogP contribution is 2.28. The summed E-state index contributed by atoms with van der Waals surface area (Å²) in [5.74, 6) is -0.456. The van der Waals surface area contributed by atoms with E-state index in [2.05, 4.69) is 9.72 Å². The maximum atomic E-state index is 12.1. The first kappa shape index (κ1) is 12.7. The van der Waals surface area contributed by atoms with Gasteiger partial charge in [0.15, 0.2) is 0 Å². The fourth-order valence-corrected chi connectivity index (χ4v) is 1.29. The molecule has 0 spiro atoms. The summed E-state index contributed by atoms with van der Waals surface area (Å²) < 4.78 is 40.0. The number of hydrogen-bond donors (Lipinski definition) is 2. The SMILES string of the molecule is Cc1cc(OC(F)(F)F)c(CO)c(CN)n1. The zero-order valence-corrected chi connectivity index (χ0v) is 8.51. The number of aryl methyl sites for hydroxylation is 1. The van der Waals surface area contributed by atoms with Crippen LogP contribution in [0.25, 0.3) is 0 Å². The van der Waals surface area contributed by atoms with Crippen molar-refractivity contribution in [3.05, 3.63) is 23.0 Å². The van der Waals surface area contributed by atoms with Gasteiger partial charge in [-0.2, -0.15) is 0 Å². The summed E-state index contributed by atoms with van der Waals surface area (Å²) in [7, 11) is 0. The van der Waals surface area contributed by atoms with Crippen molar-refractivity contribution in [2.75, 3.05) is 0 Å². The van der Waals surface area contributed by atoms with Crippen molar-refractivity contribution in [3.63, 3.8) is 0 Å². The lowest BCUT2D eigenvalue weighted by molar-refractivity contribution is -0.275. The van der Waals surface area contributed by atoms with E-state index in [0.29, 0.717) is 5.69 Å². The van der Waals surface area contributed by atoms with Crippen LogP contribution in [0.5, 0.6) is 5.75 Å². The molecule has 0 saturated heterocycles. The Morgan fingerprint density at radius 3 is 2.56 bits per heavy atom. The first-order valence-corrected chi connectivity index (χ1v) is 4.43. The molecule has 16 heavy (non-hydrogen) atoms. The molecular formula is C9H11F3N2O2. The quantitative estimate of drug-likeness (QED) is 0.828. The number of ether oxygens (including phenoxy) is 1. The van der Waals surface area contributed by atoms with E-state index in [9.17, 15) is 13.2 Å². The first-order valence-electron chi connectivity index (χ1n) is 4.43. The number of rotatable bonds is 3. The van der Waals surface area contributed by atoms with E-state index in [1.54, 1.807) is 0 Å². The van der Waals surface area contributed by atoms with Crippen LogP contribution in [-0.2, 0) is 13.2 Å². The highest BCUT2D eigenvalue weighted by Gasteiger charge is 2.32. The van der Waals surface area contributed by atoms with Gasteiger partial charge >= 0.3 is 6.36 Å². The Balaban J connectivity index is 3.20. The minimum atomic E-state index is -4.80. The smallest absolute Gasteiger partial charge is 0.405 e. The van der Waals surface area contributed by atoms with E-state index in [4.69, 9.17) is 10.8 Å². The summed E-state index contributed by atoms with van der Waals surface area (Å²) in [5.41, 5.74) is 5.82. The molecule has 7 heteroatoms. The molecule has 0 fully saturated rings. The Hall–Kier alpha value is -1.34. The molecule has 1 aromatic rings. The van der Waals surface area contributed by atoms with Crippen LogP contribution in [0, 0.1) is 6.92 Å². The number of nitrogens with two attached hydrogens (primary N) is 1. The highest BCUT2D eigenvalue weighted by atomic mass is 19.4. The van der Waals surface area contributed by atoms with Crippen molar-refractivity contribution in [2.45, 2.75) is 26.4 Å². The second-order valence-corrected chi connectivity index (χ2v) is 3.10. The Kier molecular flexibility index (Phi) is 3.71. The molecule has 0 unspecified atom stereocenters. The molecule has 1 heterocycles. The number of aromatic nitrogens is 1. The summed E-state index contributed by atoms with van der Waals surface area (Å²) in [6.07, 6.45) is -4.80. The van der Waals surface area contributed by atoms with E-state index in [1.807, 2.05) is 0 Å². The van der Waals surface area contributed by atoms with Crippen molar-refractivity contribution in [3.8, 4) is 5.75 Å². The summed E-state index contributed by atoms with van der Waals surface area (Å²) in [4.78, 5) is 3.92. The van der Waals surface area contributed by atoms with Crippen molar-refractivity contribution in [1.29, 1.82) is 0 Å². The summed E-state index contributed by atoms with van der Waals surface area (Å²) in [5, 5.41) is 8.98. The van der Waals surface area contributed by atoms with Gasteiger partial charge in [0.1, 0.15) is 5.75 Å². The lowest BCUT2D eigenvalue weighted by Crippen LogP contribution is -2.19. The summed E-state index contributed by atoms with van der Waals surface area (Å²) >= 11 is 0. The van der Waals surface area contributed by atoms with Gasteiger partial charge in [0, 0.05) is 23.9 Å². The van der Waals surface area contributed by atoms with Crippen LogP contribution in [0.15, 0.2) is 6.07 Å². The van der Waals surface area contributed by atoms with Gasteiger partial charge in [0.2, 0.25) is 0 Å². The van der Waals surface area contributed by atoms with Gasteiger partial charge in [0.25, 0.3) is 0 Å². The molecule has 0 radical (unpaired) electrons. The number of aliphatic hydroxyl groups is 1. The molecule has 0 atom stereocenters. The van der Waals surface area contributed by atoms with Gasteiger partial charge in [-0.15, -0.1) is 13.2 Å². The zero-order valence-electron chi connectivity index (χ0n) is 8.51. The minimum Gasteiger partial charge on any atom is -0.405 e. The minimum absolute atomic E-state index is 0.0366. The van der Waals surface area contributed by atoms with Crippen LogP contribution in [-0.4, -0.2) is 16.5 Å². The fraction of sp³-hybridized carbons (Fsp3) is 0.444. The molecule has 0 aliphatic rings. The van der Waals surface area contributed by atoms with Crippen LogP contribution in [0.2, 0.25) is 0 Å². The number of nitrogens with zero attached hydrogens (tertiary/aromatic N) is 1. The van der Waals surface area contributed by atoms with E-state index in [-0.39, 0.29) is 17.8 Å². The molecule has 0 aliphatic carbocycles. The van der Waals surface area contributed by atoms with E-state index in [0.717, 1.165) is 6.07 Å². The van der Waals surface area contributed by atoms with Gasteiger partial charge in [-0.25, -0.2) is 0 Å². The summed E-state index contributed by atoms with van der Waals surface area (Å²) in [6, 6.07) is 1.11. The number of alkyl halides is 3. The molecule has 0 saturated carbocycles. The Bertz CT molecular complexity index is 380. The molecule has 90 valence electrons. The van der Waals surface area contributed by atoms with Crippen LogP contribution in [0.4, 0.5) is 13.2 Å². The molecule has 4 nitrogen and oxygen atoms in total. The fourth-order valence-electron chi connectivity index (χ4n) is 1.29. The van der Waals surface area contributed by atoms with Gasteiger partial charge in [-0.1, -0.05) is 0 Å². The number of hydrogen-bond acceptors (Lipinski definition) is 4. The third-order valence-corrected chi connectivity index (χ3v) is 1.87. The highest BCUT2D eigenvalue weighted by molar-refractivity contribution is 5.38. The Morgan fingerprint density at radius 2 is 2.12 bits per heavy atom. The van der Waals surface area contributed by atoms with Crippen molar-refractivity contribution in [2.24, 2.45) is 5.73 Å². The maximum absolute atomic E-state index is 12.1. The second kappa shape index (κ2) is 4.67. The Morgan fingerprint density at radius 1 is 1.50 bits per heavy atom. The molecule has 1 aromatic heterocycles. The van der Waals surface area contributed by atoms with E-state index < -0.39 is 18.7 Å². The predicted molar refractivity (Wildman–Crippen MR) is 49.5 cm³/mol. The largest absolute Gasteiger partial charge is 0.573 e. The molecular weight excluding hydrogens is 225 g/mol. The predicted octanol–water partition coefficient (Wildman–Crippen LogP) is 1.24. The third-order valence-electron chi connectivity index (χ3n) is 1.87. The van der Waals surface area contributed by atoms with Crippen LogP contribution in [0.3, 0.4) is 0 Å². The normalized spacial score (nSPS) is 11.6. The van der Waals surface area contributed by atoms with Crippen LogP contribution >= 0.6 is 0 Å². The maximum Gasteiger partial charge on any atom is 0.573 e. The van der Waals surface area contributed by atoms with Gasteiger partial charge in [0.05, 0.1) is 12.3 Å². The molecule has 3 N–H and O–H groups in total. The lowest BCUT2D eigenvalue weighted by atomic mass is 10.1. The number of halogens is 3. The van der Waals surface area contributed by atoms with E-state index in [1.165, 1.54) is 6.92 Å².